The van der Waals surface area contributed by atoms with Crippen molar-refractivity contribution in [2.75, 3.05) is 38.5 Å². The number of para-hydroxylation sites is 1. The van der Waals surface area contributed by atoms with E-state index in [2.05, 4.69) is 22.2 Å². The second kappa shape index (κ2) is 8.88. The number of aromatic nitrogens is 2. The molecule has 33 heavy (non-hydrogen) atoms. The Morgan fingerprint density at radius 3 is 2.52 bits per heavy atom. The summed E-state index contributed by atoms with van der Waals surface area (Å²) in [5.41, 5.74) is 4.14. The third kappa shape index (κ3) is 4.49. The van der Waals surface area contributed by atoms with Crippen LogP contribution < -0.4 is 5.32 Å². The van der Waals surface area contributed by atoms with E-state index in [4.69, 9.17) is 4.98 Å². The number of fused-ring (bicyclic) bond motifs is 1. The maximum absolute atomic E-state index is 12.9. The number of amides is 1. The lowest BCUT2D eigenvalue weighted by Crippen LogP contribution is -2.47. The number of aromatic hydroxyl groups is 1. The van der Waals surface area contributed by atoms with Crippen molar-refractivity contribution in [2.24, 2.45) is 0 Å². The summed E-state index contributed by atoms with van der Waals surface area (Å²) < 4.78 is 0. The lowest BCUT2D eigenvalue weighted by Gasteiger charge is -2.32. The molecule has 0 unspecified atom stereocenters. The van der Waals surface area contributed by atoms with E-state index in [-0.39, 0.29) is 11.7 Å². The quantitative estimate of drug-likeness (QED) is 0.498. The second-order valence-electron chi connectivity index (χ2n) is 8.29. The Hall–Kier alpha value is -3.97. The molecule has 2 heterocycles. The molecule has 5 rings (SSSR count). The minimum absolute atomic E-state index is 0.0424. The summed E-state index contributed by atoms with van der Waals surface area (Å²) in [5.74, 6) is 0.723. The van der Waals surface area contributed by atoms with Gasteiger partial charge in [-0.2, -0.15) is 0 Å². The summed E-state index contributed by atoms with van der Waals surface area (Å²) >= 11 is 0. The molecule has 1 aliphatic rings. The van der Waals surface area contributed by atoms with Gasteiger partial charge in [0, 0.05) is 54.6 Å². The molecule has 0 spiro atoms. The van der Waals surface area contributed by atoms with Crippen molar-refractivity contribution in [2.45, 2.75) is 0 Å². The smallest absolute Gasteiger partial charge is 0.254 e. The van der Waals surface area contributed by atoms with Gasteiger partial charge in [-0.25, -0.2) is 9.97 Å². The molecule has 3 aromatic carbocycles. The Balaban J connectivity index is 1.41. The van der Waals surface area contributed by atoms with Crippen LogP contribution in [0.1, 0.15) is 10.4 Å². The summed E-state index contributed by atoms with van der Waals surface area (Å²) in [5, 5.41) is 13.8. The molecule has 0 bridgehead atoms. The lowest BCUT2D eigenvalue weighted by molar-refractivity contribution is 0.0664. The first-order chi connectivity index (χ1) is 16.1. The van der Waals surface area contributed by atoms with Crippen molar-refractivity contribution in [3.8, 4) is 16.9 Å². The van der Waals surface area contributed by atoms with Crippen LogP contribution in [0.25, 0.3) is 22.0 Å². The lowest BCUT2D eigenvalue weighted by atomic mass is 10.0. The fourth-order valence-electron chi connectivity index (χ4n) is 4.04. The highest BCUT2D eigenvalue weighted by molar-refractivity contribution is 5.96. The Labute approximate surface area is 192 Å². The van der Waals surface area contributed by atoms with E-state index in [1.807, 2.05) is 59.5 Å². The zero-order valence-corrected chi connectivity index (χ0v) is 18.4. The van der Waals surface area contributed by atoms with Crippen LogP contribution in [0.3, 0.4) is 0 Å². The zero-order valence-electron chi connectivity index (χ0n) is 18.4. The van der Waals surface area contributed by atoms with Gasteiger partial charge < -0.3 is 20.2 Å². The molecular weight excluding hydrogens is 414 g/mol. The Morgan fingerprint density at radius 2 is 1.73 bits per heavy atom. The van der Waals surface area contributed by atoms with Crippen molar-refractivity contribution in [3.63, 3.8) is 0 Å². The monoisotopic (exact) mass is 439 g/mol. The average molecular weight is 440 g/mol. The number of nitrogens with one attached hydrogen (secondary N) is 1. The van der Waals surface area contributed by atoms with Gasteiger partial charge in [0.15, 0.2) is 0 Å². The highest BCUT2D eigenvalue weighted by atomic mass is 16.3. The number of phenols is 1. The van der Waals surface area contributed by atoms with Crippen LogP contribution in [0.4, 0.5) is 11.6 Å². The van der Waals surface area contributed by atoms with Crippen molar-refractivity contribution >= 4 is 28.4 Å². The topological polar surface area (TPSA) is 81.6 Å². The third-order valence-corrected chi connectivity index (χ3v) is 5.95. The summed E-state index contributed by atoms with van der Waals surface area (Å²) in [7, 11) is 2.07. The molecular formula is C26H25N5O2. The zero-order chi connectivity index (χ0) is 22.8. The normalized spacial score (nSPS) is 14.4. The van der Waals surface area contributed by atoms with Crippen molar-refractivity contribution < 1.29 is 9.90 Å². The van der Waals surface area contributed by atoms with Crippen LogP contribution in [0.15, 0.2) is 72.9 Å². The van der Waals surface area contributed by atoms with Crippen LogP contribution >= 0.6 is 0 Å². The maximum Gasteiger partial charge on any atom is 0.254 e. The Bertz CT molecular complexity index is 1300. The highest BCUT2D eigenvalue weighted by Gasteiger charge is 2.20. The van der Waals surface area contributed by atoms with Crippen molar-refractivity contribution in [3.05, 3.63) is 78.5 Å². The van der Waals surface area contributed by atoms with E-state index in [1.54, 1.807) is 18.3 Å². The molecule has 1 saturated heterocycles. The molecule has 0 saturated carbocycles. The van der Waals surface area contributed by atoms with Gasteiger partial charge in [-0.05, 0) is 42.9 Å². The summed E-state index contributed by atoms with van der Waals surface area (Å²) in [6.07, 6.45) is 1.79. The van der Waals surface area contributed by atoms with E-state index in [0.717, 1.165) is 53.9 Å². The SMILES string of the molecule is CN1CCN(C(=O)c2cccc(Nc3ncc4cccc(-c5ccc(O)cc5)c4n3)c2)CC1. The number of likely N-dealkylation sites (N-methyl/N-ethyl adjacent to an activating group) is 1. The molecule has 2 N–H and O–H groups in total. The van der Waals surface area contributed by atoms with Gasteiger partial charge in [-0.15, -0.1) is 0 Å². The molecule has 7 nitrogen and oxygen atoms in total. The van der Waals surface area contributed by atoms with Crippen molar-refractivity contribution in [1.29, 1.82) is 0 Å². The second-order valence-corrected chi connectivity index (χ2v) is 8.29. The molecule has 1 aromatic heterocycles. The Kier molecular flexibility index (Phi) is 5.62. The molecule has 1 aliphatic heterocycles. The van der Waals surface area contributed by atoms with Gasteiger partial charge in [0.25, 0.3) is 5.91 Å². The molecule has 166 valence electrons. The number of anilines is 2. The van der Waals surface area contributed by atoms with E-state index in [1.165, 1.54) is 0 Å². The minimum atomic E-state index is 0.0424. The maximum atomic E-state index is 12.9. The fourth-order valence-corrected chi connectivity index (χ4v) is 4.04. The van der Waals surface area contributed by atoms with Gasteiger partial charge in [0.1, 0.15) is 5.75 Å². The molecule has 4 aromatic rings. The number of hydrogen-bond acceptors (Lipinski definition) is 6. The fraction of sp³-hybridized carbons (Fsp3) is 0.192. The van der Waals surface area contributed by atoms with Gasteiger partial charge >= 0.3 is 0 Å². The highest BCUT2D eigenvalue weighted by Crippen LogP contribution is 2.29. The molecule has 1 amide bonds. The van der Waals surface area contributed by atoms with E-state index in [0.29, 0.717) is 11.5 Å². The minimum Gasteiger partial charge on any atom is -0.508 e. The number of hydrogen-bond donors (Lipinski definition) is 2. The molecule has 0 aliphatic carbocycles. The summed E-state index contributed by atoms with van der Waals surface area (Å²) in [6, 6.07) is 20.5. The predicted molar refractivity (Wildman–Crippen MR) is 130 cm³/mol. The van der Waals surface area contributed by atoms with Crippen LogP contribution in [-0.4, -0.2) is 64.0 Å². The van der Waals surface area contributed by atoms with E-state index < -0.39 is 0 Å². The number of phenolic OH excluding ortho intramolecular Hbond substituents is 1. The molecule has 0 atom stereocenters. The van der Waals surface area contributed by atoms with Crippen LogP contribution in [0, 0.1) is 0 Å². The standard InChI is InChI=1S/C26H25N5O2/c1-30-12-14-31(15-13-30)25(33)19-4-2-6-21(16-19)28-26-27-17-20-5-3-7-23(24(20)29-26)18-8-10-22(32)11-9-18/h2-11,16-17,32H,12-15H2,1H3,(H,27,28,29). The number of carbonyl (C=O) groups is 1. The molecule has 7 heteroatoms. The first kappa shape index (κ1) is 20.9. The van der Waals surface area contributed by atoms with E-state index in [9.17, 15) is 9.90 Å². The van der Waals surface area contributed by atoms with Crippen LogP contribution in [0.2, 0.25) is 0 Å². The Morgan fingerprint density at radius 1 is 0.970 bits per heavy atom. The number of rotatable bonds is 4. The van der Waals surface area contributed by atoms with Gasteiger partial charge in [-0.3, -0.25) is 4.79 Å². The largest absolute Gasteiger partial charge is 0.508 e. The van der Waals surface area contributed by atoms with Gasteiger partial charge in [0.05, 0.1) is 5.52 Å². The summed E-state index contributed by atoms with van der Waals surface area (Å²) in [6.45, 7) is 3.25. The van der Waals surface area contributed by atoms with Crippen LogP contribution in [0.5, 0.6) is 5.75 Å². The van der Waals surface area contributed by atoms with Crippen LogP contribution in [-0.2, 0) is 0 Å². The van der Waals surface area contributed by atoms with Gasteiger partial charge in [0.2, 0.25) is 5.95 Å². The van der Waals surface area contributed by atoms with Crippen molar-refractivity contribution in [1.82, 2.24) is 19.8 Å². The average Bonchev–Trinajstić information content (AvgIpc) is 2.84. The predicted octanol–water partition coefficient (Wildman–Crippen LogP) is 4.13. The number of piperazine rings is 1. The first-order valence-electron chi connectivity index (χ1n) is 11.0. The summed E-state index contributed by atoms with van der Waals surface area (Å²) in [4.78, 5) is 26.3. The molecule has 1 fully saturated rings. The molecule has 0 radical (unpaired) electrons. The third-order valence-electron chi connectivity index (χ3n) is 5.95. The first-order valence-corrected chi connectivity index (χ1v) is 11.0. The van der Waals surface area contributed by atoms with Gasteiger partial charge in [-0.1, -0.05) is 36.4 Å². The number of carbonyl (C=O) groups excluding carboxylic acids is 1. The number of nitrogens with zero attached hydrogens (tertiary/aromatic N) is 4. The number of benzene rings is 3. The van der Waals surface area contributed by atoms with E-state index >= 15 is 0 Å².